The first-order valence-corrected chi connectivity index (χ1v) is 8.18. The van der Waals surface area contributed by atoms with Gasteiger partial charge in [-0.1, -0.05) is 19.3 Å². The van der Waals surface area contributed by atoms with Crippen molar-refractivity contribution in [2.75, 3.05) is 5.32 Å². The number of carbonyl (C=O) groups excluding carboxylic acids is 1. The van der Waals surface area contributed by atoms with Crippen LogP contribution < -0.4 is 5.32 Å². The summed E-state index contributed by atoms with van der Waals surface area (Å²) in [4.78, 5) is 16.1. The molecule has 2 aromatic rings. The number of thiazole rings is 1. The molecule has 1 fully saturated rings. The quantitative estimate of drug-likeness (QED) is 0.879. The van der Waals surface area contributed by atoms with Crippen LogP contribution in [0.3, 0.4) is 0 Å². The summed E-state index contributed by atoms with van der Waals surface area (Å²) >= 11 is 1.51. The fourth-order valence-corrected chi connectivity index (χ4v) is 3.19. The number of aromatic nitrogens is 3. The van der Waals surface area contributed by atoms with E-state index < -0.39 is 0 Å². The third-order valence-electron chi connectivity index (χ3n) is 3.70. The Labute approximate surface area is 127 Å². The second kappa shape index (κ2) is 6.67. The summed E-state index contributed by atoms with van der Waals surface area (Å²) in [7, 11) is 0. The Morgan fingerprint density at radius 2 is 2.24 bits per heavy atom. The van der Waals surface area contributed by atoms with Crippen LogP contribution in [0.2, 0.25) is 0 Å². The number of hydrogen-bond acceptors (Lipinski definition) is 4. The first kappa shape index (κ1) is 14.0. The number of rotatable bonds is 4. The number of amides is 1. The lowest BCUT2D eigenvalue weighted by atomic mass is 9.96. The van der Waals surface area contributed by atoms with Gasteiger partial charge in [-0.25, -0.2) is 9.67 Å². The molecule has 6 heteroatoms. The van der Waals surface area contributed by atoms with Gasteiger partial charge >= 0.3 is 0 Å². The van der Waals surface area contributed by atoms with Gasteiger partial charge in [0.2, 0.25) is 5.91 Å². The molecule has 21 heavy (non-hydrogen) atoms. The lowest BCUT2D eigenvalue weighted by Gasteiger charge is -2.23. The fourth-order valence-electron chi connectivity index (χ4n) is 2.66. The number of anilines is 1. The van der Waals surface area contributed by atoms with Crippen molar-refractivity contribution in [3.05, 3.63) is 34.9 Å². The zero-order valence-electron chi connectivity index (χ0n) is 11.7. The van der Waals surface area contributed by atoms with Crippen LogP contribution in [0.5, 0.6) is 0 Å². The highest BCUT2D eigenvalue weighted by atomic mass is 32.1. The van der Waals surface area contributed by atoms with Gasteiger partial charge in [0, 0.05) is 17.5 Å². The van der Waals surface area contributed by atoms with Gasteiger partial charge in [0.05, 0.1) is 23.4 Å². The maximum atomic E-state index is 12.0. The van der Waals surface area contributed by atoms with Crippen molar-refractivity contribution in [3.63, 3.8) is 0 Å². The summed E-state index contributed by atoms with van der Waals surface area (Å²) in [6.07, 6.45) is 11.0. The second-order valence-corrected chi connectivity index (χ2v) is 5.91. The lowest BCUT2D eigenvalue weighted by molar-refractivity contribution is -0.111. The molecule has 0 radical (unpaired) electrons. The van der Waals surface area contributed by atoms with E-state index in [2.05, 4.69) is 15.4 Å². The summed E-state index contributed by atoms with van der Waals surface area (Å²) in [6, 6.07) is 2.26. The number of nitrogens with zero attached hydrogens (tertiary/aromatic N) is 3. The molecule has 1 aliphatic carbocycles. The molecule has 0 bridgehead atoms. The minimum atomic E-state index is -0.152. The molecule has 0 aliphatic heterocycles. The Balaban J connectivity index is 1.65. The number of nitrogens with one attached hydrogen (secondary N) is 1. The molecule has 1 N–H and O–H groups in total. The smallest absolute Gasteiger partial charge is 0.249 e. The number of hydrogen-bond donors (Lipinski definition) is 1. The van der Waals surface area contributed by atoms with Crippen LogP contribution in [0.4, 0.5) is 5.82 Å². The number of carbonyl (C=O) groups is 1. The molecule has 1 aliphatic rings. The third kappa shape index (κ3) is 3.58. The van der Waals surface area contributed by atoms with Gasteiger partial charge in [0.15, 0.2) is 0 Å². The first-order chi connectivity index (χ1) is 10.3. The van der Waals surface area contributed by atoms with Gasteiger partial charge in [0.25, 0.3) is 0 Å². The van der Waals surface area contributed by atoms with E-state index in [4.69, 9.17) is 0 Å². The molecule has 5 nitrogen and oxygen atoms in total. The maximum absolute atomic E-state index is 12.0. The van der Waals surface area contributed by atoms with E-state index in [1.54, 1.807) is 17.8 Å². The Bertz CT molecular complexity index is 611. The topological polar surface area (TPSA) is 59.8 Å². The predicted octanol–water partition coefficient (Wildman–Crippen LogP) is 3.50. The van der Waals surface area contributed by atoms with E-state index in [1.165, 1.54) is 36.7 Å². The maximum Gasteiger partial charge on any atom is 0.249 e. The van der Waals surface area contributed by atoms with Crippen molar-refractivity contribution >= 4 is 29.1 Å². The summed E-state index contributed by atoms with van der Waals surface area (Å²) in [5, 5.41) is 9.17. The van der Waals surface area contributed by atoms with Crippen molar-refractivity contribution in [1.29, 1.82) is 0 Å². The Morgan fingerprint density at radius 3 is 3.00 bits per heavy atom. The molecule has 1 amide bonds. The van der Waals surface area contributed by atoms with Crippen molar-refractivity contribution in [2.24, 2.45) is 0 Å². The van der Waals surface area contributed by atoms with Crippen molar-refractivity contribution < 1.29 is 4.79 Å². The summed E-state index contributed by atoms with van der Waals surface area (Å²) < 4.78 is 1.95. The van der Waals surface area contributed by atoms with Crippen LogP contribution in [0, 0.1) is 0 Å². The highest BCUT2D eigenvalue weighted by Crippen LogP contribution is 2.29. The molecule has 3 rings (SSSR count). The average Bonchev–Trinajstić information content (AvgIpc) is 3.17. The van der Waals surface area contributed by atoms with Gasteiger partial charge in [-0.05, 0) is 18.9 Å². The van der Waals surface area contributed by atoms with Crippen molar-refractivity contribution in [1.82, 2.24) is 14.8 Å². The van der Waals surface area contributed by atoms with Crippen LogP contribution in [-0.2, 0) is 4.79 Å². The van der Waals surface area contributed by atoms with Gasteiger partial charge in [-0.15, -0.1) is 11.3 Å². The summed E-state index contributed by atoms with van der Waals surface area (Å²) in [6.45, 7) is 0. The normalized spacial score (nSPS) is 16.4. The fraction of sp³-hybridized carbons (Fsp3) is 0.400. The van der Waals surface area contributed by atoms with E-state index in [0.717, 1.165) is 24.4 Å². The van der Waals surface area contributed by atoms with Crippen LogP contribution >= 0.6 is 11.3 Å². The minimum Gasteiger partial charge on any atom is -0.307 e. The molecular weight excluding hydrogens is 284 g/mol. The van der Waals surface area contributed by atoms with E-state index >= 15 is 0 Å². The van der Waals surface area contributed by atoms with E-state index in [0.29, 0.717) is 6.04 Å². The van der Waals surface area contributed by atoms with Gasteiger partial charge in [-0.2, -0.15) is 5.10 Å². The molecule has 0 saturated heterocycles. The minimum absolute atomic E-state index is 0.152. The molecule has 2 aromatic heterocycles. The zero-order chi connectivity index (χ0) is 14.5. The van der Waals surface area contributed by atoms with E-state index in [1.807, 2.05) is 16.1 Å². The Hall–Kier alpha value is -1.95. The lowest BCUT2D eigenvalue weighted by Crippen LogP contribution is -2.19. The highest BCUT2D eigenvalue weighted by Gasteiger charge is 2.18. The van der Waals surface area contributed by atoms with Gasteiger partial charge < -0.3 is 5.32 Å². The van der Waals surface area contributed by atoms with Crippen LogP contribution in [0.1, 0.15) is 43.8 Å². The van der Waals surface area contributed by atoms with Gasteiger partial charge in [-0.3, -0.25) is 4.79 Å². The van der Waals surface area contributed by atoms with E-state index in [-0.39, 0.29) is 5.91 Å². The molecular formula is C15H18N4OS. The standard InChI is InChI=1S/C15H18N4OS/c20-15(7-6-12-10-21-11-16-12)18-14-8-9-17-19(14)13-4-2-1-3-5-13/h6-11,13H,1-5H2,(H,18,20)/b7-6+. The van der Waals surface area contributed by atoms with Crippen LogP contribution in [-0.4, -0.2) is 20.7 Å². The van der Waals surface area contributed by atoms with Gasteiger partial charge in [0.1, 0.15) is 5.82 Å². The Morgan fingerprint density at radius 1 is 1.38 bits per heavy atom. The third-order valence-corrected chi connectivity index (χ3v) is 4.30. The average molecular weight is 302 g/mol. The highest BCUT2D eigenvalue weighted by molar-refractivity contribution is 7.07. The Kier molecular flexibility index (Phi) is 4.45. The van der Waals surface area contributed by atoms with E-state index in [9.17, 15) is 4.79 Å². The van der Waals surface area contributed by atoms with Crippen LogP contribution in [0.15, 0.2) is 29.2 Å². The summed E-state index contributed by atoms with van der Waals surface area (Å²) in [5.74, 6) is 0.621. The monoisotopic (exact) mass is 302 g/mol. The molecule has 1 saturated carbocycles. The molecule has 2 heterocycles. The van der Waals surface area contributed by atoms with Crippen molar-refractivity contribution in [2.45, 2.75) is 38.1 Å². The summed E-state index contributed by atoms with van der Waals surface area (Å²) in [5.41, 5.74) is 2.55. The molecule has 0 unspecified atom stereocenters. The SMILES string of the molecule is O=C(/C=C/c1cscn1)Nc1ccnn1C1CCCCC1. The van der Waals surface area contributed by atoms with Crippen LogP contribution in [0.25, 0.3) is 6.08 Å². The zero-order valence-corrected chi connectivity index (χ0v) is 12.6. The molecule has 0 spiro atoms. The first-order valence-electron chi connectivity index (χ1n) is 7.24. The molecule has 0 atom stereocenters. The van der Waals surface area contributed by atoms with Crippen molar-refractivity contribution in [3.8, 4) is 0 Å². The second-order valence-electron chi connectivity index (χ2n) is 5.19. The molecule has 0 aromatic carbocycles. The molecule has 110 valence electrons. The largest absolute Gasteiger partial charge is 0.307 e. The predicted molar refractivity (Wildman–Crippen MR) is 84.1 cm³/mol.